The van der Waals surface area contributed by atoms with Crippen LogP contribution in [-0.4, -0.2) is 11.8 Å². The van der Waals surface area contributed by atoms with E-state index in [2.05, 4.69) is 12.1 Å². The summed E-state index contributed by atoms with van der Waals surface area (Å²) < 4.78 is 0. The Kier molecular flexibility index (Phi) is 5.45. The van der Waals surface area contributed by atoms with Crippen molar-refractivity contribution in [2.45, 2.75) is 29.0 Å². The Morgan fingerprint density at radius 2 is 1.67 bits per heavy atom. The number of carbonyl (C=O) groups is 1. The summed E-state index contributed by atoms with van der Waals surface area (Å²) in [6, 6.07) is 17.9. The fraction of sp³-hybridized carbons (Fsp3) is 0.235. The Morgan fingerprint density at radius 1 is 1.00 bits per heavy atom. The molecule has 1 aliphatic rings. The van der Waals surface area contributed by atoms with Crippen LogP contribution in [0.4, 0.5) is 0 Å². The summed E-state index contributed by atoms with van der Waals surface area (Å²) in [6.07, 6.45) is 1.62. The highest BCUT2D eigenvalue weighted by atomic mass is 35.5. The van der Waals surface area contributed by atoms with E-state index in [1.165, 1.54) is 5.56 Å². The van der Waals surface area contributed by atoms with Gasteiger partial charge in [-0.05, 0) is 36.1 Å². The first-order valence-electron chi connectivity index (χ1n) is 6.84. The highest BCUT2D eigenvalue weighted by Gasteiger charge is 2.31. The lowest BCUT2D eigenvalue weighted by Crippen LogP contribution is -2.32. The zero-order valence-corrected chi connectivity index (χ0v) is 13.2. The van der Waals surface area contributed by atoms with E-state index in [1.807, 2.05) is 42.5 Å². The summed E-state index contributed by atoms with van der Waals surface area (Å²) in [5, 5.41) is -0.189. The molecule has 0 radical (unpaired) electrons. The Labute approximate surface area is 135 Å². The van der Waals surface area contributed by atoms with Crippen molar-refractivity contribution < 1.29 is 4.79 Å². The van der Waals surface area contributed by atoms with Crippen molar-refractivity contribution >= 4 is 30.0 Å². The second-order valence-corrected chi connectivity index (χ2v) is 6.24. The van der Waals surface area contributed by atoms with Gasteiger partial charge in [0.05, 0.1) is 11.3 Å². The minimum atomic E-state index is -0.358. The highest BCUT2D eigenvalue weighted by Crippen LogP contribution is 2.40. The van der Waals surface area contributed by atoms with E-state index in [9.17, 15) is 4.79 Å². The number of Topliss-reactive ketones (excluding diaryl/α,β-unsaturated/α-hetero) is 1. The van der Waals surface area contributed by atoms with Gasteiger partial charge in [-0.2, -0.15) is 0 Å². The Morgan fingerprint density at radius 3 is 2.43 bits per heavy atom. The van der Waals surface area contributed by atoms with Gasteiger partial charge in [0.25, 0.3) is 0 Å². The molecule has 0 heterocycles. The van der Waals surface area contributed by atoms with Crippen LogP contribution in [0, 0.1) is 0 Å². The molecule has 21 heavy (non-hydrogen) atoms. The van der Waals surface area contributed by atoms with E-state index in [4.69, 9.17) is 5.73 Å². The van der Waals surface area contributed by atoms with Crippen LogP contribution in [-0.2, 0) is 11.2 Å². The van der Waals surface area contributed by atoms with Gasteiger partial charge in [-0.25, -0.2) is 0 Å². The molecule has 3 rings (SSSR count). The second kappa shape index (κ2) is 7.12. The third-order valence-electron chi connectivity index (χ3n) is 3.68. The largest absolute Gasteiger partial charge is 0.321 e. The first-order valence-corrected chi connectivity index (χ1v) is 7.72. The van der Waals surface area contributed by atoms with Gasteiger partial charge < -0.3 is 5.73 Å². The van der Waals surface area contributed by atoms with Gasteiger partial charge in [0.2, 0.25) is 0 Å². The molecule has 2 nitrogen and oxygen atoms in total. The van der Waals surface area contributed by atoms with Crippen molar-refractivity contribution in [3.05, 3.63) is 65.7 Å². The van der Waals surface area contributed by atoms with Gasteiger partial charge in [-0.3, -0.25) is 4.79 Å². The number of hydrogen-bond donors (Lipinski definition) is 1. The minimum Gasteiger partial charge on any atom is -0.321 e. The lowest BCUT2D eigenvalue weighted by Gasteiger charge is -2.18. The summed E-state index contributed by atoms with van der Waals surface area (Å²) in [6.45, 7) is 0. The van der Waals surface area contributed by atoms with Crippen LogP contribution in [0.2, 0.25) is 0 Å². The standard InChI is InChI=1S/C17H17NOS.ClH/c18-15-11-10-12-6-4-5-9-14(12)17(16(15)19)20-13-7-2-1-3-8-13;/h1-9,15,17H,10-11,18H2;1H/t15-,17+;/m0./s1. The molecule has 0 bridgehead atoms. The van der Waals surface area contributed by atoms with Crippen molar-refractivity contribution in [3.8, 4) is 0 Å². The molecule has 1 aliphatic carbocycles. The summed E-state index contributed by atoms with van der Waals surface area (Å²) in [7, 11) is 0. The van der Waals surface area contributed by atoms with E-state index in [-0.39, 0.29) is 29.5 Å². The smallest absolute Gasteiger partial charge is 0.167 e. The molecule has 110 valence electrons. The molecular formula is C17H18ClNOS. The van der Waals surface area contributed by atoms with Crippen LogP contribution in [0.3, 0.4) is 0 Å². The number of rotatable bonds is 2. The van der Waals surface area contributed by atoms with Crippen molar-refractivity contribution in [1.82, 2.24) is 0 Å². The third kappa shape index (κ3) is 3.49. The maximum atomic E-state index is 12.6. The summed E-state index contributed by atoms with van der Waals surface area (Å²) >= 11 is 1.60. The summed E-state index contributed by atoms with van der Waals surface area (Å²) in [4.78, 5) is 13.7. The third-order valence-corrected chi connectivity index (χ3v) is 4.95. The lowest BCUT2D eigenvalue weighted by molar-refractivity contribution is -0.119. The zero-order valence-electron chi connectivity index (χ0n) is 11.6. The summed E-state index contributed by atoms with van der Waals surface area (Å²) in [5.41, 5.74) is 8.42. The lowest BCUT2D eigenvalue weighted by atomic mass is 10.0. The minimum absolute atomic E-state index is 0. The van der Waals surface area contributed by atoms with E-state index in [0.29, 0.717) is 0 Å². The molecule has 2 aromatic rings. The number of aryl methyl sites for hydroxylation is 1. The Hall–Kier alpha value is -1.29. The van der Waals surface area contributed by atoms with Crippen LogP contribution < -0.4 is 5.73 Å². The number of fused-ring (bicyclic) bond motifs is 1. The topological polar surface area (TPSA) is 43.1 Å². The molecule has 0 amide bonds. The first-order chi connectivity index (χ1) is 9.75. The van der Waals surface area contributed by atoms with Gasteiger partial charge in [-0.1, -0.05) is 42.5 Å². The van der Waals surface area contributed by atoms with E-state index in [1.54, 1.807) is 11.8 Å². The molecular weight excluding hydrogens is 302 g/mol. The van der Waals surface area contributed by atoms with Crippen LogP contribution in [0.15, 0.2) is 59.5 Å². The normalized spacial score (nSPS) is 21.1. The molecule has 0 aliphatic heterocycles. The molecule has 0 fully saturated rings. The van der Waals surface area contributed by atoms with Gasteiger partial charge in [0.15, 0.2) is 5.78 Å². The number of benzene rings is 2. The SMILES string of the molecule is Cl.N[C@H]1CCc2ccccc2[C@@H](Sc2ccccc2)C1=O. The number of hydrogen-bond acceptors (Lipinski definition) is 3. The zero-order chi connectivity index (χ0) is 13.9. The van der Waals surface area contributed by atoms with Crippen LogP contribution in [0.5, 0.6) is 0 Å². The average molecular weight is 320 g/mol. The highest BCUT2D eigenvalue weighted by molar-refractivity contribution is 8.00. The quantitative estimate of drug-likeness (QED) is 0.857. The van der Waals surface area contributed by atoms with E-state index in [0.717, 1.165) is 23.3 Å². The monoisotopic (exact) mass is 319 g/mol. The molecule has 2 atom stereocenters. The molecule has 2 aromatic carbocycles. The number of nitrogens with two attached hydrogens (primary N) is 1. The van der Waals surface area contributed by atoms with Gasteiger partial charge in [0.1, 0.15) is 0 Å². The predicted molar refractivity (Wildman–Crippen MR) is 90.0 cm³/mol. The van der Waals surface area contributed by atoms with Crippen molar-refractivity contribution in [2.24, 2.45) is 5.73 Å². The maximum Gasteiger partial charge on any atom is 0.167 e. The molecule has 0 saturated carbocycles. The average Bonchev–Trinajstić information content (AvgIpc) is 2.61. The van der Waals surface area contributed by atoms with E-state index >= 15 is 0 Å². The molecule has 0 spiro atoms. The van der Waals surface area contributed by atoms with Gasteiger partial charge in [-0.15, -0.1) is 24.2 Å². The van der Waals surface area contributed by atoms with Crippen LogP contribution in [0.25, 0.3) is 0 Å². The van der Waals surface area contributed by atoms with Crippen molar-refractivity contribution in [3.63, 3.8) is 0 Å². The fourth-order valence-electron chi connectivity index (χ4n) is 2.58. The fourth-order valence-corrected chi connectivity index (χ4v) is 3.81. The first kappa shape index (κ1) is 16.1. The molecule has 0 aromatic heterocycles. The Bertz CT molecular complexity index is 617. The number of thioether (sulfide) groups is 1. The Balaban J connectivity index is 0.00000161. The molecule has 4 heteroatoms. The predicted octanol–water partition coefficient (Wildman–Crippen LogP) is 3.78. The van der Waals surface area contributed by atoms with Crippen molar-refractivity contribution in [1.29, 1.82) is 0 Å². The van der Waals surface area contributed by atoms with Crippen LogP contribution in [0.1, 0.15) is 22.8 Å². The number of ketones is 1. The van der Waals surface area contributed by atoms with Gasteiger partial charge in [0, 0.05) is 4.90 Å². The molecule has 2 N–H and O–H groups in total. The number of carbonyl (C=O) groups excluding carboxylic acids is 1. The number of halogens is 1. The molecule has 0 unspecified atom stereocenters. The second-order valence-electron chi connectivity index (χ2n) is 5.06. The maximum absolute atomic E-state index is 12.6. The van der Waals surface area contributed by atoms with Crippen molar-refractivity contribution in [2.75, 3.05) is 0 Å². The summed E-state index contributed by atoms with van der Waals surface area (Å²) in [5.74, 6) is 0.142. The van der Waals surface area contributed by atoms with Crippen LogP contribution >= 0.6 is 24.2 Å². The molecule has 0 saturated heterocycles. The van der Waals surface area contributed by atoms with E-state index < -0.39 is 0 Å². The van der Waals surface area contributed by atoms with Gasteiger partial charge >= 0.3 is 0 Å².